The van der Waals surface area contributed by atoms with Crippen LogP contribution in [0, 0.1) is 0 Å². The molecule has 1 unspecified atom stereocenters. The molecule has 2 N–H and O–H groups in total. The number of guanidine groups is 1. The highest BCUT2D eigenvalue weighted by Gasteiger charge is 2.05. The van der Waals surface area contributed by atoms with Crippen molar-refractivity contribution in [2.24, 2.45) is 4.99 Å². The van der Waals surface area contributed by atoms with Crippen LogP contribution in [-0.2, 0) is 0 Å². The number of ether oxygens (including phenoxy) is 1. The van der Waals surface area contributed by atoms with E-state index >= 15 is 0 Å². The fraction of sp³-hybridized carbons (Fsp3) is 0.412. The highest BCUT2D eigenvalue weighted by molar-refractivity contribution is 7.07. The van der Waals surface area contributed by atoms with Crippen molar-refractivity contribution in [2.45, 2.75) is 19.8 Å². The molecule has 0 saturated carbocycles. The first kappa shape index (κ1) is 17.3. The molecule has 2 aromatic heterocycles. The quantitative estimate of drug-likeness (QED) is 0.443. The van der Waals surface area contributed by atoms with Crippen molar-refractivity contribution in [3.63, 3.8) is 0 Å². The van der Waals surface area contributed by atoms with E-state index in [0.717, 1.165) is 24.8 Å². The molecule has 2 aromatic rings. The van der Waals surface area contributed by atoms with Crippen LogP contribution in [0.5, 0.6) is 5.75 Å². The molecule has 1 atom stereocenters. The highest BCUT2D eigenvalue weighted by atomic mass is 32.1. The highest BCUT2D eigenvalue weighted by Crippen LogP contribution is 2.18. The third kappa shape index (κ3) is 6.28. The summed E-state index contributed by atoms with van der Waals surface area (Å²) in [6.07, 6.45) is 3.44. The molecule has 6 heteroatoms. The van der Waals surface area contributed by atoms with Crippen LogP contribution in [-0.4, -0.2) is 37.2 Å². The molecule has 0 spiro atoms. The summed E-state index contributed by atoms with van der Waals surface area (Å²) in [6.45, 7) is 7.10. The maximum Gasteiger partial charge on any atom is 0.191 e. The Morgan fingerprint density at radius 3 is 3.00 bits per heavy atom. The van der Waals surface area contributed by atoms with Crippen LogP contribution >= 0.6 is 11.3 Å². The Labute approximate surface area is 141 Å². The SMILES string of the molecule is CCNC(=NCC(C)c1ccsc1)NCCOc1cccnc1. The van der Waals surface area contributed by atoms with Crippen LogP contribution in [0.15, 0.2) is 46.3 Å². The van der Waals surface area contributed by atoms with E-state index in [1.807, 2.05) is 12.1 Å². The van der Waals surface area contributed by atoms with Gasteiger partial charge in [-0.1, -0.05) is 6.92 Å². The van der Waals surface area contributed by atoms with Gasteiger partial charge >= 0.3 is 0 Å². The van der Waals surface area contributed by atoms with Crippen LogP contribution in [0.3, 0.4) is 0 Å². The Kier molecular flexibility index (Phi) is 7.39. The zero-order chi connectivity index (χ0) is 16.3. The summed E-state index contributed by atoms with van der Waals surface area (Å²) >= 11 is 1.73. The van der Waals surface area contributed by atoms with Gasteiger partial charge in [-0.2, -0.15) is 11.3 Å². The second-order valence-electron chi connectivity index (χ2n) is 5.14. The number of hydrogen-bond donors (Lipinski definition) is 2. The van der Waals surface area contributed by atoms with E-state index in [1.165, 1.54) is 5.56 Å². The van der Waals surface area contributed by atoms with Gasteiger partial charge in [0.1, 0.15) is 12.4 Å². The van der Waals surface area contributed by atoms with E-state index in [-0.39, 0.29) is 0 Å². The number of rotatable bonds is 8. The Hall–Kier alpha value is -2.08. The van der Waals surface area contributed by atoms with Gasteiger partial charge in [0.05, 0.1) is 12.7 Å². The van der Waals surface area contributed by atoms with E-state index < -0.39 is 0 Å². The van der Waals surface area contributed by atoms with E-state index in [9.17, 15) is 0 Å². The Balaban J connectivity index is 1.75. The number of hydrogen-bond acceptors (Lipinski definition) is 4. The van der Waals surface area contributed by atoms with Crippen molar-refractivity contribution in [1.82, 2.24) is 15.6 Å². The number of aromatic nitrogens is 1. The van der Waals surface area contributed by atoms with Crippen molar-refractivity contribution in [3.05, 3.63) is 46.9 Å². The van der Waals surface area contributed by atoms with Crippen molar-refractivity contribution < 1.29 is 4.74 Å². The predicted molar refractivity (Wildman–Crippen MR) is 96.4 cm³/mol. The van der Waals surface area contributed by atoms with Gasteiger partial charge in [-0.05, 0) is 41.4 Å². The first-order chi connectivity index (χ1) is 11.3. The summed E-state index contributed by atoms with van der Waals surface area (Å²) in [5, 5.41) is 10.8. The summed E-state index contributed by atoms with van der Waals surface area (Å²) < 4.78 is 5.61. The molecule has 124 valence electrons. The molecule has 0 aliphatic rings. The summed E-state index contributed by atoms with van der Waals surface area (Å²) in [5.41, 5.74) is 1.34. The van der Waals surface area contributed by atoms with Crippen molar-refractivity contribution in [3.8, 4) is 5.75 Å². The monoisotopic (exact) mass is 332 g/mol. The van der Waals surface area contributed by atoms with Crippen molar-refractivity contribution in [1.29, 1.82) is 0 Å². The maximum absolute atomic E-state index is 5.61. The van der Waals surface area contributed by atoms with E-state index in [4.69, 9.17) is 4.74 Å². The largest absolute Gasteiger partial charge is 0.490 e. The molecular weight excluding hydrogens is 308 g/mol. The van der Waals surface area contributed by atoms with E-state index in [2.05, 4.69) is 51.3 Å². The third-order valence-electron chi connectivity index (χ3n) is 3.28. The van der Waals surface area contributed by atoms with Crippen LogP contribution in [0.2, 0.25) is 0 Å². The third-order valence-corrected chi connectivity index (χ3v) is 3.98. The molecule has 0 fully saturated rings. The molecule has 0 aliphatic heterocycles. The predicted octanol–water partition coefficient (Wildman–Crippen LogP) is 2.88. The number of thiophene rings is 1. The maximum atomic E-state index is 5.61. The number of nitrogens with one attached hydrogen (secondary N) is 2. The lowest BCUT2D eigenvalue weighted by Crippen LogP contribution is -2.39. The van der Waals surface area contributed by atoms with Gasteiger partial charge < -0.3 is 15.4 Å². The minimum atomic E-state index is 0.420. The topological polar surface area (TPSA) is 58.5 Å². The average Bonchev–Trinajstić information content (AvgIpc) is 3.11. The molecule has 0 amide bonds. The normalized spacial score (nSPS) is 12.7. The Morgan fingerprint density at radius 1 is 1.39 bits per heavy atom. The lowest BCUT2D eigenvalue weighted by atomic mass is 10.1. The molecule has 0 aromatic carbocycles. The molecule has 23 heavy (non-hydrogen) atoms. The fourth-order valence-electron chi connectivity index (χ4n) is 2.00. The van der Waals surface area contributed by atoms with Gasteiger partial charge in [-0.3, -0.25) is 9.98 Å². The molecule has 2 rings (SSSR count). The number of pyridine rings is 1. The van der Waals surface area contributed by atoms with Gasteiger partial charge in [0.15, 0.2) is 5.96 Å². The smallest absolute Gasteiger partial charge is 0.191 e. The molecular formula is C17H24N4OS. The molecule has 0 bridgehead atoms. The van der Waals surface area contributed by atoms with Gasteiger partial charge in [-0.25, -0.2) is 0 Å². The summed E-state index contributed by atoms with van der Waals surface area (Å²) in [6, 6.07) is 5.92. The summed E-state index contributed by atoms with van der Waals surface area (Å²) in [4.78, 5) is 8.67. The first-order valence-corrected chi connectivity index (χ1v) is 8.81. The standard InChI is InChI=1S/C17H24N4OS/c1-3-19-17(21-11-14(2)15-6-10-23-13-15)20-8-9-22-16-5-4-7-18-12-16/h4-7,10,12-14H,3,8-9,11H2,1-2H3,(H2,19,20,21). The lowest BCUT2D eigenvalue weighted by molar-refractivity contribution is 0.320. The molecule has 0 aliphatic carbocycles. The number of nitrogens with zero attached hydrogens (tertiary/aromatic N) is 2. The Morgan fingerprint density at radius 2 is 2.30 bits per heavy atom. The van der Waals surface area contributed by atoms with Gasteiger partial charge in [0, 0.05) is 25.2 Å². The van der Waals surface area contributed by atoms with E-state index in [1.54, 1.807) is 23.7 Å². The molecule has 0 radical (unpaired) electrons. The van der Waals surface area contributed by atoms with Crippen LogP contribution in [0.1, 0.15) is 25.3 Å². The van der Waals surface area contributed by atoms with Gasteiger partial charge in [-0.15, -0.1) is 0 Å². The molecule has 0 saturated heterocycles. The van der Waals surface area contributed by atoms with Crippen LogP contribution < -0.4 is 15.4 Å². The summed E-state index contributed by atoms with van der Waals surface area (Å²) in [7, 11) is 0. The van der Waals surface area contributed by atoms with Gasteiger partial charge in [0.25, 0.3) is 0 Å². The van der Waals surface area contributed by atoms with Gasteiger partial charge in [0.2, 0.25) is 0 Å². The van der Waals surface area contributed by atoms with Crippen molar-refractivity contribution in [2.75, 3.05) is 26.2 Å². The number of aliphatic imine (C=N–C) groups is 1. The molecule has 5 nitrogen and oxygen atoms in total. The Bertz CT molecular complexity index is 572. The zero-order valence-electron chi connectivity index (χ0n) is 13.7. The summed E-state index contributed by atoms with van der Waals surface area (Å²) in [5.74, 6) is 2.02. The van der Waals surface area contributed by atoms with Crippen LogP contribution in [0.4, 0.5) is 0 Å². The second-order valence-corrected chi connectivity index (χ2v) is 5.92. The minimum Gasteiger partial charge on any atom is -0.490 e. The molecule has 2 heterocycles. The minimum absolute atomic E-state index is 0.420. The fourth-order valence-corrected chi connectivity index (χ4v) is 2.78. The average molecular weight is 332 g/mol. The van der Waals surface area contributed by atoms with Crippen LogP contribution in [0.25, 0.3) is 0 Å². The zero-order valence-corrected chi connectivity index (χ0v) is 14.5. The van der Waals surface area contributed by atoms with E-state index in [0.29, 0.717) is 19.1 Å². The van der Waals surface area contributed by atoms with Crippen molar-refractivity contribution >= 4 is 17.3 Å². The second kappa shape index (κ2) is 9.84. The lowest BCUT2D eigenvalue weighted by Gasteiger charge is -2.13. The first-order valence-electron chi connectivity index (χ1n) is 7.86.